The summed E-state index contributed by atoms with van der Waals surface area (Å²) >= 11 is 12.0. The highest BCUT2D eigenvalue weighted by Gasteiger charge is 2.07. The maximum Gasteiger partial charge on any atom is 0.0685 e. The molecule has 3 heteroatoms. The minimum Gasteiger partial charge on any atom is -0.361 e. The fourth-order valence-corrected chi connectivity index (χ4v) is 1.77. The predicted octanol–water partition coefficient (Wildman–Crippen LogP) is 4.30. The lowest BCUT2D eigenvalue weighted by atomic mass is 10.1. The second-order valence-electron chi connectivity index (χ2n) is 3.19. The molecule has 2 rings (SSSR count). The van der Waals surface area contributed by atoms with Crippen LogP contribution in [0, 0.1) is 6.92 Å². The van der Waals surface area contributed by atoms with E-state index in [-0.39, 0.29) is 0 Å². The highest BCUT2D eigenvalue weighted by Crippen LogP contribution is 2.32. The lowest BCUT2D eigenvalue weighted by molar-refractivity contribution is 1.38. The number of hydrogen-bond donors (Lipinski definition) is 1. The molecule has 2 aromatic rings. The van der Waals surface area contributed by atoms with E-state index in [2.05, 4.69) is 4.98 Å². The first-order valence-corrected chi connectivity index (χ1v) is 5.03. The van der Waals surface area contributed by atoms with Gasteiger partial charge in [0, 0.05) is 17.5 Å². The molecule has 1 nitrogen and oxygen atoms in total. The Morgan fingerprint density at radius 1 is 1.21 bits per heavy atom. The number of benzene rings is 1. The van der Waals surface area contributed by atoms with Crippen LogP contribution in [0.15, 0.2) is 30.5 Å². The van der Waals surface area contributed by atoms with Crippen molar-refractivity contribution in [3.05, 3.63) is 46.1 Å². The Balaban J connectivity index is 2.57. The molecule has 0 saturated heterocycles. The lowest BCUT2D eigenvalue weighted by Gasteiger charge is -2.02. The van der Waals surface area contributed by atoms with Crippen molar-refractivity contribution in [1.29, 1.82) is 0 Å². The number of halogens is 2. The number of hydrogen-bond acceptors (Lipinski definition) is 0. The van der Waals surface area contributed by atoms with Crippen molar-refractivity contribution in [2.45, 2.75) is 6.92 Å². The van der Waals surface area contributed by atoms with Crippen LogP contribution in [0.3, 0.4) is 0 Å². The van der Waals surface area contributed by atoms with Gasteiger partial charge in [-0.25, -0.2) is 0 Å². The van der Waals surface area contributed by atoms with Gasteiger partial charge in [-0.2, -0.15) is 0 Å². The summed E-state index contributed by atoms with van der Waals surface area (Å²) in [5.74, 6) is 0. The number of aromatic amines is 1. The first-order chi connectivity index (χ1) is 6.68. The third-order valence-corrected chi connectivity index (χ3v) is 2.89. The number of aryl methyl sites for hydroxylation is 1. The molecule has 0 saturated carbocycles. The average molecular weight is 226 g/mol. The van der Waals surface area contributed by atoms with Crippen LogP contribution in [0.5, 0.6) is 0 Å². The molecule has 0 atom stereocenters. The van der Waals surface area contributed by atoms with Gasteiger partial charge < -0.3 is 4.98 Å². The molecule has 0 bridgehead atoms. The SMILES string of the molecule is Cc1c[nH]c(-c2cccc(Cl)c2Cl)c1. The van der Waals surface area contributed by atoms with E-state index in [9.17, 15) is 0 Å². The fourth-order valence-electron chi connectivity index (χ4n) is 1.37. The summed E-state index contributed by atoms with van der Waals surface area (Å²) in [5.41, 5.74) is 3.11. The van der Waals surface area contributed by atoms with Gasteiger partial charge in [0.25, 0.3) is 0 Å². The Morgan fingerprint density at radius 3 is 2.64 bits per heavy atom. The summed E-state index contributed by atoms with van der Waals surface area (Å²) in [6, 6.07) is 7.65. The van der Waals surface area contributed by atoms with Crippen LogP contribution >= 0.6 is 23.2 Å². The zero-order valence-corrected chi connectivity index (χ0v) is 9.15. The second-order valence-corrected chi connectivity index (χ2v) is 3.98. The zero-order chi connectivity index (χ0) is 10.1. The maximum atomic E-state index is 6.09. The maximum absolute atomic E-state index is 6.09. The number of H-pyrrole nitrogens is 1. The van der Waals surface area contributed by atoms with Gasteiger partial charge in [0.2, 0.25) is 0 Å². The Kier molecular flexibility index (Phi) is 2.53. The first-order valence-electron chi connectivity index (χ1n) is 4.28. The molecule has 0 unspecified atom stereocenters. The Bertz CT molecular complexity index is 460. The van der Waals surface area contributed by atoms with E-state index in [0.29, 0.717) is 10.0 Å². The quantitative estimate of drug-likeness (QED) is 0.746. The van der Waals surface area contributed by atoms with Crippen LogP contribution in [-0.2, 0) is 0 Å². The monoisotopic (exact) mass is 225 g/mol. The van der Waals surface area contributed by atoms with E-state index in [1.54, 1.807) is 6.07 Å². The van der Waals surface area contributed by atoms with Gasteiger partial charge in [-0.15, -0.1) is 0 Å². The molecule has 0 spiro atoms. The summed E-state index contributed by atoms with van der Waals surface area (Å²) in [7, 11) is 0. The van der Waals surface area contributed by atoms with Crippen LogP contribution < -0.4 is 0 Å². The number of rotatable bonds is 1. The van der Waals surface area contributed by atoms with E-state index < -0.39 is 0 Å². The molecule has 1 heterocycles. The normalized spacial score (nSPS) is 10.5. The highest BCUT2D eigenvalue weighted by atomic mass is 35.5. The van der Waals surface area contributed by atoms with Crippen molar-refractivity contribution in [1.82, 2.24) is 4.98 Å². The van der Waals surface area contributed by atoms with E-state index in [1.807, 2.05) is 31.3 Å². The molecule has 0 aliphatic rings. The molecule has 0 aliphatic carbocycles. The predicted molar refractivity (Wildman–Crippen MR) is 61.0 cm³/mol. The summed E-state index contributed by atoms with van der Waals surface area (Å²) in [6.07, 6.45) is 1.94. The summed E-state index contributed by atoms with van der Waals surface area (Å²) < 4.78 is 0. The average Bonchev–Trinajstić information content (AvgIpc) is 2.57. The Morgan fingerprint density at radius 2 is 2.00 bits per heavy atom. The van der Waals surface area contributed by atoms with Crippen LogP contribution in [0.2, 0.25) is 10.0 Å². The van der Waals surface area contributed by atoms with Crippen molar-refractivity contribution < 1.29 is 0 Å². The van der Waals surface area contributed by atoms with E-state index in [1.165, 1.54) is 5.56 Å². The van der Waals surface area contributed by atoms with Crippen molar-refractivity contribution in [3.8, 4) is 11.3 Å². The van der Waals surface area contributed by atoms with Gasteiger partial charge in [-0.3, -0.25) is 0 Å². The van der Waals surface area contributed by atoms with Crippen molar-refractivity contribution in [2.24, 2.45) is 0 Å². The summed E-state index contributed by atoms with van der Waals surface area (Å²) in [5, 5.41) is 1.17. The molecule has 1 N–H and O–H groups in total. The topological polar surface area (TPSA) is 15.8 Å². The minimum atomic E-state index is 0.580. The Labute approximate surface area is 92.7 Å². The van der Waals surface area contributed by atoms with Crippen LogP contribution in [0.4, 0.5) is 0 Å². The standard InChI is InChI=1S/C11H9Cl2N/c1-7-5-10(14-6-7)8-3-2-4-9(12)11(8)13/h2-6,14H,1H3. The first kappa shape index (κ1) is 9.63. The molecule has 0 aliphatic heterocycles. The minimum absolute atomic E-state index is 0.580. The van der Waals surface area contributed by atoms with Crippen molar-refractivity contribution >= 4 is 23.2 Å². The van der Waals surface area contributed by atoms with Gasteiger partial charge in [0.15, 0.2) is 0 Å². The largest absolute Gasteiger partial charge is 0.361 e. The van der Waals surface area contributed by atoms with Gasteiger partial charge in [-0.05, 0) is 24.6 Å². The molecule has 1 aromatic carbocycles. The smallest absolute Gasteiger partial charge is 0.0685 e. The van der Waals surface area contributed by atoms with Crippen LogP contribution in [-0.4, -0.2) is 4.98 Å². The van der Waals surface area contributed by atoms with Gasteiger partial charge in [0.05, 0.1) is 10.0 Å². The molecule has 0 amide bonds. The van der Waals surface area contributed by atoms with Crippen LogP contribution in [0.25, 0.3) is 11.3 Å². The van der Waals surface area contributed by atoms with Gasteiger partial charge in [0.1, 0.15) is 0 Å². The van der Waals surface area contributed by atoms with Crippen LogP contribution in [0.1, 0.15) is 5.56 Å². The molecule has 0 radical (unpaired) electrons. The van der Waals surface area contributed by atoms with Crippen molar-refractivity contribution in [2.75, 3.05) is 0 Å². The van der Waals surface area contributed by atoms with Crippen molar-refractivity contribution in [3.63, 3.8) is 0 Å². The summed E-state index contributed by atoms with van der Waals surface area (Å²) in [4.78, 5) is 3.15. The third-order valence-electron chi connectivity index (χ3n) is 2.07. The number of aromatic nitrogens is 1. The Hall–Kier alpha value is -0.920. The molecular formula is C11H9Cl2N. The van der Waals surface area contributed by atoms with E-state index in [0.717, 1.165) is 11.3 Å². The molecule has 14 heavy (non-hydrogen) atoms. The molecular weight excluding hydrogens is 217 g/mol. The highest BCUT2D eigenvalue weighted by molar-refractivity contribution is 6.43. The van der Waals surface area contributed by atoms with E-state index >= 15 is 0 Å². The fraction of sp³-hybridized carbons (Fsp3) is 0.0909. The number of nitrogens with one attached hydrogen (secondary N) is 1. The second kappa shape index (κ2) is 3.68. The molecule has 1 aromatic heterocycles. The van der Waals surface area contributed by atoms with Gasteiger partial charge >= 0.3 is 0 Å². The molecule has 72 valence electrons. The third kappa shape index (κ3) is 1.66. The lowest BCUT2D eigenvalue weighted by Crippen LogP contribution is -1.79. The summed E-state index contributed by atoms with van der Waals surface area (Å²) in [6.45, 7) is 2.03. The molecule has 0 fully saturated rings. The van der Waals surface area contributed by atoms with Gasteiger partial charge in [-0.1, -0.05) is 35.3 Å². The zero-order valence-electron chi connectivity index (χ0n) is 7.64. The van der Waals surface area contributed by atoms with E-state index in [4.69, 9.17) is 23.2 Å².